The molecular formula is C21H32N4OS. The van der Waals surface area contributed by atoms with Gasteiger partial charge >= 0.3 is 0 Å². The van der Waals surface area contributed by atoms with E-state index in [2.05, 4.69) is 54.5 Å². The molecule has 0 bridgehead atoms. The molecule has 1 heterocycles. The molecule has 0 aromatic carbocycles. The fraction of sp³-hybridized carbons (Fsp3) is 0.619. The first-order chi connectivity index (χ1) is 12.9. The maximum atomic E-state index is 12.1. The number of hydrogen-bond donors (Lipinski definition) is 3. The molecule has 2 fully saturated rings. The number of aryl methyl sites for hydroxylation is 1. The van der Waals surface area contributed by atoms with E-state index in [0.717, 1.165) is 12.0 Å². The van der Waals surface area contributed by atoms with E-state index in [4.69, 9.17) is 12.2 Å². The van der Waals surface area contributed by atoms with Gasteiger partial charge in [0.25, 0.3) is 5.91 Å². The first kappa shape index (κ1) is 19.9. The van der Waals surface area contributed by atoms with Crippen molar-refractivity contribution in [1.29, 1.82) is 0 Å². The maximum absolute atomic E-state index is 12.1. The largest absolute Gasteiger partial charge is 0.358 e. The summed E-state index contributed by atoms with van der Waals surface area (Å²) in [6.45, 7) is 8.80. The number of nitrogens with zero attached hydrogens (tertiary/aromatic N) is 1. The van der Waals surface area contributed by atoms with Crippen LogP contribution in [-0.2, 0) is 4.79 Å². The number of rotatable bonds is 4. The highest BCUT2D eigenvalue weighted by atomic mass is 32.1. The molecule has 0 unspecified atom stereocenters. The van der Waals surface area contributed by atoms with Gasteiger partial charge in [-0.1, -0.05) is 26.7 Å². The highest BCUT2D eigenvalue weighted by molar-refractivity contribution is 7.80. The van der Waals surface area contributed by atoms with E-state index in [0.29, 0.717) is 29.0 Å². The zero-order chi connectivity index (χ0) is 19.6. The Balaban J connectivity index is 1.47. The standard InChI is InChI=1S/C21H32N4OS/c1-13-6-5-7-19(15(13)3)22-21(27)24-23-20(26)11-8-17-12-14(2)25(16(17)4)18-9-10-18/h8,11-13,15,18-19H,5-7,9-10H2,1-4H3,(H,23,26)(H2,22,24,27)/b11-8+/t13-,15-,19-/m0/s1. The molecule has 27 heavy (non-hydrogen) atoms. The minimum atomic E-state index is -0.208. The molecular weight excluding hydrogens is 356 g/mol. The summed E-state index contributed by atoms with van der Waals surface area (Å²) in [5.41, 5.74) is 9.07. The second-order valence-electron chi connectivity index (χ2n) is 8.22. The Kier molecular flexibility index (Phi) is 6.25. The average Bonchev–Trinajstić information content (AvgIpc) is 3.41. The third kappa shape index (κ3) is 4.92. The number of hydrogen-bond acceptors (Lipinski definition) is 2. The van der Waals surface area contributed by atoms with E-state index in [1.165, 1.54) is 37.1 Å². The molecule has 0 saturated heterocycles. The smallest absolute Gasteiger partial charge is 0.262 e. The third-order valence-electron chi connectivity index (χ3n) is 6.17. The van der Waals surface area contributed by atoms with Crippen LogP contribution in [0.5, 0.6) is 0 Å². The van der Waals surface area contributed by atoms with E-state index in [1.807, 2.05) is 6.08 Å². The topological polar surface area (TPSA) is 58.1 Å². The Labute approximate surface area is 167 Å². The van der Waals surface area contributed by atoms with Gasteiger partial charge < -0.3 is 9.88 Å². The summed E-state index contributed by atoms with van der Waals surface area (Å²) >= 11 is 5.33. The number of thiocarbonyl (C=S) groups is 1. The van der Waals surface area contributed by atoms with Gasteiger partial charge in [0, 0.05) is 29.5 Å². The molecule has 2 saturated carbocycles. The normalized spacial score (nSPS) is 25.4. The molecule has 2 aliphatic carbocycles. The van der Waals surface area contributed by atoms with Crippen molar-refractivity contribution in [2.24, 2.45) is 11.8 Å². The van der Waals surface area contributed by atoms with Crippen molar-refractivity contribution < 1.29 is 4.79 Å². The lowest BCUT2D eigenvalue weighted by Gasteiger charge is -2.35. The van der Waals surface area contributed by atoms with Crippen LogP contribution in [0.15, 0.2) is 12.1 Å². The number of carbonyl (C=O) groups is 1. The second kappa shape index (κ2) is 8.46. The summed E-state index contributed by atoms with van der Waals surface area (Å²) < 4.78 is 2.38. The molecule has 2 aliphatic rings. The van der Waals surface area contributed by atoms with E-state index < -0.39 is 0 Å². The Morgan fingerprint density at radius 3 is 2.63 bits per heavy atom. The van der Waals surface area contributed by atoms with Gasteiger partial charge in [0.2, 0.25) is 0 Å². The van der Waals surface area contributed by atoms with Crippen molar-refractivity contribution in [3.05, 3.63) is 29.1 Å². The molecule has 3 N–H and O–H groups in total. The number of nitrogens with one attached hydrogen (secondary N) is 3. The van der Waals surface area contributed by atoms with E-state index in [9.17, 15) is 4.79 Å². The van der Waals surface area contributed by atoms with Crippen molar-refractivity contribution in [1.82, 2.24) is 20.7 Å². The van der Waals surface area contributed by atoms with Crippen LogP contribution < -0.4 is 16.2 Å². The molecule has 6 heteroatoms. The predicted octanol–water partition coefficient (Wildman–Crippen LogP) is 3.77. The summed E-state index contributed by atoms with van der Waals surface area (Å²) in [7, 11) is 0. The summed E-state index contributed by atoms with van der Waals surface area (Å²) in [4.78, 5) is 12.1. The van der Waals surface area contributed by atoms with Gasteiger partial charge in [0.05, 0.1) is 0 Å². The first-order valence-electron chi connectivity index (χ1n) is 10.1. The Morgan fingerprint density at radius 1 is 1.19 bits per heavy atom. The van der Waals surface area contributed by atoms with E-state index in [-0.39, 0.29) is 5.91 Å². The second-order valence-corrected chi connectivity index (χ2v) is 8.63. The Bertz CT molecular complexity index is 735. The zero-order valence-electron chi connectivity index (χ0n) is 16.8. The van der Waals surface area contributed by atoms with Gasteiger partial charge in [-0.25, -0.2) is 0 Å². The molecule has 5 nitrogen and oxygen atoms in total. The fourth-order valence-corrected chi connectivity index (χ4v) is 4.38. The van der Waals surface area contributed by atoms with Crippen LogP contribution in [0.3, 0.4) is 0 Å². The van der Waals surface area contributed by atoms with Gasteiger partial charge in [0.15, 0.2) is 5.11 Å². The molecule has 1 aromatic heterocycles. The number of amides is 1. The molecule has 3 rings (SSSR count). The lowest BCUT2D eigenvalue weighted by molar-refractivity contribution is -0.116. The van der Waals surface area contributed by atoms with Crippen molar-refractivity contribution in [3.63, 3.8) is 0 Å². The van der Waals surface area contributed by atoms with Crippen LogP contribution in [0.1, 0.15) is 68.9 Å². The van der Waals surface area contributed by atoms with Crippen LogP contribution in [0, 0.1) is 25.7 Å². The number of aromatic nitrogens is 1. The van der Waals surface area contributed by atoms with Gasteiger partial charge in [-0.05, 0) is 74.9 Å². The molecule has 0 aliphatic heterocycles. The number of carbonyl (C=O) groups excluding carboxylic acids is 1. The van der Waals surface area contributed by atoms with Crippen molar-refractivity contribution in [2.75, 3.05) is 0 Å². The quantitative estimate of drug-likeness (QED) is 0.417. The van der Waals surface area contributed by atoms with Gasteiger partial charge in [-0.15, -0.1) is 0 Å². The highest BCUT2D eigenvalue weighted by Gasteiger charge is 2.28. The minimum Gasteiger partial charge on any atom is -0.358 e. The number of hydrazine groups is 1. The zero-order valence-corrected chi connectivity index (χ0v) is 17.7. The lowest BCUT2D eigenvalue weighted by atomic mass is 9.78. The van der Waals surface area contributed by atoms with Crippen LogP contribution in [-0.4, -0.2) is 21.6 Å². The Hall–Kier alpha value is -1.82. The minimum absolute atomic E-state index is 0.208. The van der Waals surface area contributed by atoms with Crippen LogP contribution in [0.4, 0.5) is 0 Å². The summed E-state index contributed by atoms with van der Waals surface area (Å²) in [6, 6.07) is 3.16. The monoisotopic (exact) mass is 388 g/mol. The molecule has 1 amide bonds. The van der Waals surface area contributed by atoms with E-state index >= 15 is 0 Å². The SMILES string of the molecule is Cc1cc(/C=C/C(=O)NNC(=S)N[C@H]2CCC[C@H](C)[C@@H]2C)c(C)n1C1CC1. The summed E-state index contributed by atoms with van der Waals surface area (Å²) in [5.74, 6) is 1.07. The summed E-state index contributed by atoms with van der Waals surface area (Å²) in [5, 5.41) is 3.83. The average molecular weight is 389 g/mol. The van der Waals surface area contributed by atoms with E-state index in [1.54, 1.807) is 6.08 Å². The molecule has 0 radical (unpaired) electrons. The molecule has 3 atom stereocenters. The van der Waals surface area contributed by atoms with Gasteiger partial charge in [0.1, 0.15) is 0 Å². The fourth-order valence-electron chi connectivity index (χ4n) is 4.18. The van der Waals surface area contributed by atoms with Crippen molar-refractivity contribution >= 4 is 29.3 Å². The van der Waals surface area contributed by atoms with Crippen LogP contribution in [0.2, 0.25) is 0 Å². The molecule has 1 aromatic rings. The molecule has 0 spiro atoms. The summed E-state index contributed by atoms with van der Waals surface area (Å²) in [6.07, 6.45) is 9.57. The predicted molar refractivity (Wildman–Crippen MR) is 114 cm³/mol. The van der Waals surface area contributed by atoms with Crippen molar-refractivity contribution in [2.45, 2.75) is 71.9 Å². The van der Waals surface area contributed by atoms with Crippen LogP contribution >= 0.6 is 12.2 Å². The van der Waals surface area contributed by atoms with Gasteiger partial charge in [-0.3, -0.25) is 15.6 Å². The highest BCUT2D eigenvalue weighted by Crippen LogP contribution is 2.38. The lowest BCUT2D eigenvalue weighted by Crippen LogP contribution is -2.52. The third-order valence-corrected chi connectivity index (χ3v) is 6.39. The van der Waals surface area contributed by atoms with Crippen molar-refractivity contribution in [3.8, 4) is 0 Å². The van der Waals surface area contributed by atoms with Gasteiger partial charge in [-0.2, -0.15) is 0 Å². The Morgan fingerprint density at radius 2 is 1.93 bits per heavy atom. The van der Waals surface area contributed by atoms with Crippen LogP contribution in [0.25, 0.3) is 6.08 Å². The first-order valence-corrected chi connectivity index (χ1v) is 10.5. The molecule has 148 valence electrons. The maximum Gasteiger partial charge on any atom is 0.262 e.